The summed E-state index contributed by atoms with van der Waals surface area (Å²) in [5.74, 6) is 0.647. The number of carbonyl (C=O) groups is 2. The topological polar surface area (TPSA) is 110 Å². The van der Waals surface area contributed by atoms with E-state index in [-0.39, 0.29) is 18.5 Å². The third-order valence-electron chi connectivity index (χ3n) is 5.46. The van der Waals surface area contributed by atoms with Crippen LogP contribution in [0.2, 0.25) is 0 Å². The molecule has 4 rings (SSSR count). The number of aromatic nitrogens is 1. The zero-order valence-corrected chi connectivity index (χ0v) is 21.2. The number of rotatable bonds is 7. The van der Waals surface area contributed by atoms with Gasteiger partial charge < -0.3 is 24.6 Å². The van der Waals surface area contributed by atoms with Crippen molar-refractivity contribution in [3.05, 3.63) is 75.7 Å². The van der Waals surface area contributed by atoms with Crippen LogP contribution in [0.4, 0.5) is 4.79 Å². The molecule has 0 aliphatic carbocycles. The normalized spacial score (nSPS) is 13.9. The van der Waals surface area contributed by atoms with Gasteiger partial charge in [0.15, 0.2) is 5.75 Å². The molecule has 190 valence electrons. The molecule has 0 fully saturated rings. The lowest BCUT2D eigenvalue weighted by molar-refractivity contribution is -0.137. The first kappa shape index (κ1) is 25.5. The van der Waals surface area contributed by atoms with E-state index in [1.165, 1.54) is 11.3 Å². The predicted molar refractivity (Wildman–Crippen MR) is 134 cm³/mol. The van der Waals surface area contributed by atoms with Gasteiger partial charge in [-0.1, -0.05) is 12.1 Å². The molecule has 0 radical (unpaired) electrons. The molecule has 36 heavy (non-hydrogen) atoms. The number of hydrogen-bond donors (Lipinski definition) is 2. The second-order valence-electron chi connectivity index (χ2n) is 9.38. The quantitative estimate of drug-likeness (QED) is 0.345. The Morgan fingerprint density at radius 2 is 1.97 bits per heavy atom. The number of hydrogen-bond acceptors (Lipinski definition) is 8. The second kappa shape index (κ2) is 11.0. The molecule has 1 aliphatic heterocycles. The summed E-state index contributed by atoms with van der Waals surface area (Å²) in [6.45, 7) is 6.70. The minimum Gasteiger partial charge on any atom is -0.482 e. The van der Waals surface area contributed by atoms with E-state index in [1.807, 2.05) is 26.8 Å². The Morgan fingerprint density at radius 1 is 1.19 bits per heavy atom. The first-order valence-electron chi connectivity index (χ1n) is 11.6. The van der Waals surface area contributed by atoms with Gasteiger partial charge >= 0.3 is 6.09 Å². The smallest absolute Gasteiger partial charge is 0.410 e. The molecule has 1 unspecified atom stereocenters. The Bertz CT molecular complexity index is 1190. The van der Waals surface area contributed by atoms with Gasteiger partial charge in [0, 0.05) is 17.6 Å². The van der Waals surface area contributed by atoms with Crippen molar-refractivity contribution >= 4 is 23.3 Å². The first-order valence-corrected chi connectivity index (χ1v) is 12.4. The summed E-state index contributed by atoms with van der Waals surface area (Å²) in [7, 11) is 0. The Morgan fingerprint density at radius 3 is 2.64 bits per heavy atom. The number of pyridine rings is 1. The highest BCUT2D eigenvalue weighted by atomic mass is 32.1. The highest BCUT2D eigenvalue weighted by Crippen LogP contribution is 2.29. The van der Waals surface area contributed by atoms with Crippen molar-refractivity contribution in [3.63, 3.8) is 0 Å². The maximum Gasteiger partial charge on any atom is 0.410 e. The number of thiophene rings is 1. The molecule has 2 aromatic heterocycles. The van der Waals surface area contributed by atoms with Crippen LogP contribution in [0.1, 0.15) is 52.6 Å². The Hall–Kier alpha value is -3.63. The van der Waals surface area contributed by atoms with Gasteiger partial charge in [-0.2, -0.15) is 0 Å². The monoisotopic (exact) mass is 511 g/mol. The fourth-order valence-electron chi connectivity index (χ4n) is 3.75. The highest BCUT2D eigenvalue weighted by Gasteiger charge is 2.28. The lowest BCUT2D eigenvalue weighted by atomic mass is 10.1. The van der Waals surface area contributed by atoms with Crippen molar-refractivity contribution < 1.29 is 29.2 Å². The predicted octanol–water partition coefficient (Wildman–Crippen LogP) is 4.84. The number of ether oxygens (including phenoxy) is 2. The van der Waals surface area contributed by atoms with E-state index in [0.717, 1.165) is 16.0 Å². The number of nitrogens with zero attached hydrogens (tertiary/aromatic N) is 2. The number of fused-ring (bicyclic) bond motifs is 1. The van der Waals surface area contributed by atoms with E-state index in [9.17, 15) is 9.59 Å². The molecule has 1 atom stereocenters. The molecule has 0 saturated heterocycles. The Balaban J connectivity index is 1.43. The number of carbonyl (C=O) groups excluding carboxylic acids is 2. The third-order valence-corrected chi connectivity index (χ3v) is 6.70. The third kappa shape index (κ3) is 6.52. The largest absolute Gasteiger partial charge is 0.482 e. The molecule has 1 aromatic carbocycles. The fraction of sp³-hybridized carbons (Fsp3) is 0.346. The molecular formula is C26H29N3O6S. The van der Waals surface area contributed by atoms with Crippen molar-refractivity contribution in [2.24, 2.45) is 0 Å². The van der Waals surface area contributed by atoms with E-state index < -0.39 is 11.7 Å². The van der Waals surface area contributed by atoms with Gasteiger partial charge in [-0.05, 0) is 68.7 Å². The van der Waals surface area contributed by atoms with Gasteiger partial charge in [-0.3, -0.25) is 9.78 Å². The van der Waals surface area contributed by atoms with Crippen LogP contribution in [0.3, 0.4) is 0 Å². The van der Waals surface area contributed by atoms with E-state index >= 15 is 0 Å². The average Bonchev–Trinajstić information content (AvgIpc) is 3.30. The van der Waals surface area contributed by atoms with Gasteiger partial charge in [0.2, 0.25) is 0 Å². The van der Waals surface area contributed by atoms with Crippen molar-refractivity contribution in [1.29, 1.82) is 0 Å². The van der Waals surface area contributed by atoms with Gasteiger partial charge in [0.1, 0.15) is 17.5 Å². The van der Waals surface area contributed by atoms with Crippen molar-refractivity contribution in [2.45, 2.75) is 45.4 Å². The van der Waals surface area contributed by atoms with Gasteiger partial charge in [0.25, 0.3) is 5.91 Å². The van der Waals surface area contributed by atoms with Crippen LogP contribution in [0.25, 0.3) is 0 Å². The molecule has 0 bridgehead atoms. The van der Waals surface area contributed by atoms with E-state index in [2.05, 4.69) is 15.2 Å². The summed E-state index contributed by atoms with van der Waals surface area (Å²) in [5.41, 5.74) is 1.19. The van der Waals surface area contributed by atoms with E-state index in [1.54, 1.807) is 53.7 Å². The molecule has 3 aromatic rings. The molecule has 1 aliphatic rings. The lowest BCUT2D eigenvalue weighted by Crippen LogP contribution is -2.39. The van der Waals surface area contributed by atoms with E-state index in [4.69, 9.17) is 14.7 Å². The Labute approximate surface area is 213 Å². The molecule has 9 nitrogen and oxygen atoms in total. The summed E-state index contributed by atoms with van der Waals surface area (Å²) in [5, 5.41) is 11.8. The van der Waals surface area contributed by atoms with Crippen LogP contribution in [-0.4, -0.2) is 45.8 Å². The number of nitrogens with one attached hydrogen (secondary N) is 1. The minimum absolute atomic E-state index is 0.208. The molecule has 10 heteroatoms. The maximum absolute atomic E-state index is 13.0. The van der Waals surface area contributed by atoms with Gasteiger partial charge in [0.05, 0.1) is 24.2 Å². The van der Waals surface area contributed by atoms with Crippen LogP contribution in [-0.2, 0) is 17.7 Å². The van der Waals surface area contributed by atoms with Crippen LogP contribution >= 0.6 is 11.3 Å². The SMILES string of the molecule is CC(C)(C)OC(=O)N1CCc2sc(C(=O)NCC(Oc3cccnc3)c3ccc(OO)cc3)cc2C1. The number of benzene rings is 1. The summed E-state index contributed by atoms with van der Waals surface area (Å²) < 4.78 is 11.6. The molecule has 2 amide bonds. The van der Waals surface area contributed by atoms with Crippen molar-refractivity contribution in [1.82, 2.24) is 15.2 Å². The van der Waals surface area contributed by atoms with Crippen LogP contribution in [0.15, 0.2) is 54.9 Å². The second-order valence-corrected chi connectivity index (χ2v) is 10.5. The van der Waals surface area contributed by atoms with Gasteiger partial charge in [-0.15, -0.1) is 11.3 Å². The molecule has 3 heterocycles. The lowest BCUT2D eigenvalue weighted by Gasteiger charge is -2.29. The van der Waals surface area contributed by atoms with Gasteiger partial charge in [-0.25, -0.2) is 10.1 Å². The summed E-state index contributed by atoms with van der Waals surface area (Å²) in [6, 6.07) is 12.1. The molecular weight excluding hydrogens is 482 g/mol. The standard InChI is InChI=1S/C26H29N3O6S/c1-26(2,3)34-25(31)29-12-10-22-18(16-29)13-23(36-22)24(30)28-15-21(33-20-5-4-11-27-14-20)17-6-8-19(35-32)9-7-17/h4-9,11,13-14,21,32H,10,12,15-16H2,1-3H3,(H,28,30). The maximum atomic E-state index is 13.0. The molecule has 0 saturated carbocycles. The highest BCUT2D eigenvalue weighted by molar-refractivity contribution is 7.14. The first-order chi connectivity index (χ1) is 17.2. The van der Waals surface area contributed by atoms with Crippen LogP contribution in [0, 0.1) is 0 Å². The van der Waals surface area contributed by atoms with Crippen LogP contribution in [0.5, 0.6) is 11.5 Å². The number of amides is 2. The molecule has 2 N–H and O–H groups in total. The van der Waals surface area contributed by atoms with Crippen molar-refractivity contribution in [3.8, 4) is 11.5 Å². The Kier molecular flexibility index (Phi) is 7.76. The van der Waals surface area contributed by atoms with Crippen molar-refractivity contribution in [2.75, 3.05) is 13.1 Å². The van der Waals surface area contributed by atoms with E-state index in [0.29, 0.717) is 35.9 Å². The van der Waals surface area contributed by atoms with Crippen LogP contribution < -0.4 is 14.9 Å². The zero-order chi connectivity index (χ0) is 25.7. The summed E-state index contributed by atoms with van der Waals surface area (Å²) in [4.78, 5) is 37.2. The fourth-order valence-corrected chi connectivity index (χ4v) is 4.83. The molecule has 0 spiro atoms. The summed E-state index contributed by atoms with van der Waals surface area (Å²) >= 11 is 1.44. The minimum atomic E-state index is -0.559. The average molecular weight is 512 g/mol. The zero-order valence-electron chi connectivity index (χ0n) is 20.4. The summed E-state index contributed by atoms with van der Waals surface area (Å²) in [6.07, 6.45) is 3.09.